The van der Waals surface area contributed by atoms with E-state index in [2.05, 4.69) is 296 Å². The molecule has 0 fully saturated rings. The molecular formula is C74H70BN3O2. The SMILES string of the molecule is CC1=CC2=C3B(c4ccc(N(c5ccccc5)c5ccccc5)cc4N2c2cc(-c4ccc(C(C)(C)C)cc4)cc(-c4ccc(C(C)(C)C)cc4)c2)c2ccc4c(c2N(c2ccc(C(C)(C)C)cc2-c2ccccc2)C3C1)OCO4. The number of rotatable bonds is 8. The molecule has 0 saturated heterocycles. The third-order valence-corrected chi connectivity index (χ3v) is 16.9. The van der Waals surface area contributed by atoms with Gasteiger partial charge in [-0.2, -0.15) is 0 Å². The van der Waals surface area contributed by atoms with E-state index in [-0.39, 0.29) is 35.8 Å². The van der Waals surface area contributed by atoms with E-state index in [4.69, 9.17) is 9.47 Å². The number of nitrogens with zero attached hydrogens (tertiary/aromatic N) is 3. The Morgan fingerprint density at radius 3 is 1.60 bits per heavy atom. The van der Waals surface area contributed by atoms with Crippen molar-refractivity contribution in [3.05, 3.63) is 246 Å². The van der Waals surface area contributed by atoms with Gasteiger partial charge in [0.1, 0.15) is 0 Å². The normalized spacial score (nSPS) is 15.6. The zero-order valence-corrected chi connectivity index (χ0v) is 47.9. The summed E-state index contributed by atoms with van der Waals surface area (Å²) in [5.41, 5.74) is 25.0. The van der Waals surface area contributed by atoms with E-state index in [0.29, 0.717) is 0 Å². The second kappa shape index (κ2) is 19.4. The summed E-state index contributed by atoms with van der Waals surface area (Å²) in [5.74, 6) is 1.59. The predicted molar refractivity (Wildman–Crippen MR) is 337 cm³/mol. The summed E-state index contributed by atoms with van der Waals surface area (Å²) in [7, 11) is 0. The Bertz CT molecular complexity index is 3780. The fourth-order valence-corrected chi connectivity index (χ4v) is 12.7. The number of ether oxygens (including phenoxy) is 2. The number of hydrogen-bond acceptors (Lipinski definition) is 5. The third-order valence-electron chi connectivity index (χ3n) is 16.9. The summed E-state index contributed by atoms with van der Waals surface area (Å²) >= 11 is 0. The minimum absolute atomic E-state index is 0.0251. The van der Waals surface area contributed by atoms with Crippen molar-refractivity contribution in [3.63, 3.8) is 0 Å². The molecule has 0 N–H and O–H groups in total. The van der Waals surface area contributed by atoms with Crippen LogP contribution in [0.25, 0.3) is 33.4 Å². The lowest BCUT2D eigenvalue weighted by Gasteiger charge is -2.51. The highest BCUT2D eigenvalue weighted by Crippen LogP contribution is 2.55. The highest BCUT2D eigenvalue weighted by atomic mass is 16.7. The van der Waals surface area contributed by atoms with Gasteiger partial charge in [0.2, 0.25) is 13.5 Å². The molecule has 0 bridgehead atoms. The topological polar surface area (TPSA) is 28.2 Å². The smallest absolute Gasteiger partial charge is 0.247 e. The lowest BCUT2D eigenvalue weighted by Crippen LogP contribution is -2.61. The number of benzene rings is 9. The van der Waals surface area contributed by atoms with E-state index in [1.54, 1.807) is 0 Å². The summed E-state index contributed by atoms with van der Waals surface area (Å²) in [5, 5.41) is 0. The molecule has 80 heavy (non-hydrogen) atoms. The van der Waals surface area contributed by atoms with E-state index in [9.17, 15) is 0 Å². The van der Waals surface area contributed by atoms with Crippen LogP contribution in [0.5, 0.6) is 11.5 Å². The van der Waals surface area contributed by atoms with Crippen LogP contribution in [0.3, 0.4) is 0 Å². The average Bonchev–Trinajstić information content (AvgIpc) is 4.06. The number of fused-ring (bicyclic) bond motifs is 6. The second-order valence-electron chi connectivity index (χ2n) is 25.4. The zero-order chi connectivity index (χ0) is 55.2. The van der Waals surface area contributed by atoms with Crippen molar-refractivity contribution >= 4 is 57.5 Å². The van der Waals surface area contributed by atoms with Crippen LogP contribution < -0.4 is 35.1 Å². The van der Waals surface area contributed by atoms with Crippen LogP contribution in [0, 0.1) is 0 Å². The van der Waals surface area contributed by atoms with Crippen LogP contribution >= 0.6 is 0 Å². The first-order valence-corrected chi connectivity index (χ1v) is 28.5. The number of anilines is 7. The molecule has 0 spiro atoms. The van der Waals surface area contributed by atoms with Gasteiger partial charge in [0.05, 0.1) is 11.7 Å². The largest absolute Gasteiger partial charge is 0.454 e. The average molecular weight is 1040 g/mol. The Balaban J connectivity index is 1.11. The van der Waals surface area contributed by atoms with Crippen molar-refractivity contribution in [2.75, 3.05) is 21.5 Å². The molecule has 3 heterocycles. The number of allylic oxidation sites excluding steroid dienone is 1. The molecular weight excluding hydrogens is 974 g/mol. The first kappa shape index (κ1) is 51.0. The van der Waals surface area contributed by atoms with Crippen LogP contribution in [-0.4, -0.2) is 19.5 Å². The molecule has 0 saturated carbocycles. The van der Waals surface area contributed by atoms with Gasteiger partial charge in [-0.1, -0.05) is 201 Å². The summed E-state index contributed by atoms with van der Waals surface area (Å²) in [4.78, 5) is 7.65. The second-order valence-corrected chi connectivity index (χ2v) is 25.4. The van der Waals surface area contributed by atoms with Crippen molar-refractivity contribution in [1.82, 2.24) is 0 Å². The van der Waals surface area contributed by atoms with Crippen LogP contribution in [0.15, 0.2) is 229 Å². The minimum Gasteiger partial charge on any atom is -0.454 e. The lowest BCUT2D eigenvalue weighted by molar-refractivity contribution is 0.174. The fourth-order valence-electron chi connectivity index (χ4n) is 12.7. The van der Waals surface area contributed by atoms with Gasteiger partial charge >= 0.3 is 0 Å². The molecule has 5 nitrogen and oxygen atoms in total. The van der Waals surface area contributed by atoms with E-state index >= 15 is 0 Å². The Morgan fingerprint density at radius 1 is 0.475 bits per heavy atom. The third kappa shape index (κ3) is 8.99. The first-order chi connectivity index (χ1) is 38.5. The van der Waals surface area contributed by atoms with Crippen molar-refractivity contribution < 1.29 is 9.47 Å². The quantitative estimate of drug-likeness (QED) is 0.141. The number of hydrogen-bond donors (Lipinski definition) is 0. The molecule has 9 aromatic rings. The Kier molecular flexibility index (Phi) is 12.4. The summed E-state index contributed by atoms with van der Waals surface area (Å²) in [6, 6.07) is 77.1. The van der Waals surface area contributed by atoms with Gasteiger partial charge < -0.3 is 24.2 Å². The molecule has 1 aliphatic carbocycles. The molecule has 0 radical (unpaired) electrons. The first-order valence-electron chi connectivity index (χ1n) is 28.5. The molecule has 0 amide bonds. The molecule has 396 valence electrons. The van der Waals surface area contributed by atoms with Gasteiger partial charge in [0.15, 0.2) is 11.5 Å². The molecule has 1 unspecified atom stereocenters. The van der Waals surface area contributed by atoms with Crippen molar-refractivity contribution in [2.24, 2.45) is 0 Å². The van der Waals surface area contributed by atoms with Gasteiger partial charge in [-0.05, 0) is 169 Å². The highest BCUT2D eigenvalue weighted by molar-refractivity contribution is 6.94. The van der Waals surface area contributed by atoms with Crippen molar-refractivity contribution in [1.29, 1.82) is 0 Å². The molecule has 6 heteroatoms. The monoisotopic (exact) mass is 1040 g/mol. The lowest BCUT2D eigenvalue weighted by atomic mass is 9.31. The molecule has 0 aromatic heterocycles. The van der Waals surface area contributed by atoms with Crippen LogP contribution in [0.2, 0.25) is 0 Å². The van der Waals surface area contributed by atoms with Crippen LogP contribution in [-0.2, 0) is 16.2 Å². The Morgan fingerprint density at radius 2 is 1.02 bits per heavy atom. The van der Waals surface area contributed by atoms with E-state index in [0.717, 1.165) is 57.7 Å². The highest BCUT2D eigenvalue weighted by Gasteiger charge is 2.50. The summed E-state index contributed by atoms with van der Waals surface area (Å²) in [6.45, 7) is 23.1. The van der Waals surface area contributed by atoms with Crippen LogP contribution in [0.1, 0.15) is 92.3 Å². The van der Waals surface area contributed by atoms with Crippen LogP contribution in [0.4, 0.5) is 39.8 Å². The van der Waals surface area contributed by atoms with Crippen molar-refractivity contribution in [2.45, 2.75) is 97.9 Å². The standard InChI is InChI=1S/C74H70BN3O2/c1-48-40-66-69-67(41-48)78(64-38-34-56(74(8,9)10)45-61(64)51-20-14-11-15-21-51)70-63(37-39-68-71(70)80-47-79-68)75(69)62-36-35-59(76(57-22-16-12-17-23-57)58-24-18-13-19-25-58)46-65(62)77(66)60-43-52(49-26-30-54(31-27-49)72(2,3)4)42-53(44-60)50-28-32-55(33-29-50)73(5,6)7/h11-40,42-46,67H,41,47H2,1-10H3. The van der Waals surface area contributed by atoms with Gasteiger partial charge in [-0.15, -0.1) is 0 Å². The minimum atomic E-state index is -0.103. The van der Waals surface area contributed by atoms with E-state index in [1.807, 2.05) is 0 Å². The maximum absolute atomic E-state index is 6.69. The predicted octanol–water partition coefficient (Wildman–Crippen LogP) is 18.2. The molecule has 4 aliphatic rings. The Labute approximate surface area is 474 Å². The van der Waals surface area contributed by atoms with Crippen molar-refractivity contribution in [3.8, 4) is 44.9 Å². The molecule has 13 rings (SSSR count). The maximum atomic E-state index is 6.69. The van der Waals surface area contributed by atoms with Gasteiger partial charge in [0.25, 0.3) is 0 Å². The van der Waals surface area contributed by atoms with Gasteiger partial charge in [-0.25, -0.2) is 0 Å². The Hall–Kier alpha value is -8.48. The van der Waals surface area contributed by atoms with Gasteiger partial charge in [-0.3, -0.25) is 0 Å². The number of para-hydroxylation sites is 2. The van der Waals surface area contributed by atoms with E-state index < -0.39 is 0 Å². The van der Waals surface area contributed by atoms with E-state index in [1.165, 1.54) is 77.7 Å². The zero-order valence-electron chi connectivity index (χ0n) is 47.9. The maximum Gasteiger partial charge on any atom is 0.247 e. The molecule has 3 aliphatic heterocycles. The fraction of sp³-hybridized carbons (Fsp3) is 0.216. The summed E-state index contributed by atoms with van der Waals surface area (Å²) in [6.07, 6.45) is 3.33. The summed E-state index contributed by atoms with van der Waals surface area (Å²) < 4.78 is 13.0. The molecule has 9 aromatic carbocycles. The van der Waals surface area contributed by atoms with Gasteiger partial charge in [0, 0.05) is 45.4 Å². The molecule has 1 atom stereocenters.